The predicted molar refractivity (Wildman–Crippen MR) is 91.4 cm³/mol. The van der Waals surface area contributed by atoms with Crippen LogP contribution in [0.25, 0.3) is 0 Å². The fourth-order valence-electron chi connectivity index (χ4n) is 7.68. The third-order valence-electron chi connectivity index (χ3n) is 8.92. The van der Waals surface area contributed by atoms with Crippen LogP contribution in [0.5, 0.6) is 0 Å². The molecule has 2 N–H and O–H groups in total. The van der Waals surface area contributed by atoms with Gasteiger partial charge in [0.1, 0.15) is 0 Å². The van der Waals surface area contributed by atoms with Crippen LogP contribution >= 0.6 is 15.9 Å². The quantitative estimate of drug-likeness (QED) is 0.630. The maximum atomic E-state index is 10.6. The minimum atomic E-state index is -0.176. The zero-order valence-corrected chi connectivity index (χ0v) is 15.6. The van der Waals surface area contributed by atoms with Crippen LogP contribution in [-0.2, 0) is 4.74 Å². The van der Waals surface area contributed by atoms with Gasteiger partial charge in [0.05, 0.1) is 29.2 Å². The van der Waals surface area contributed by atoms with Crippen LogP contribution in [-0.4, -0.2) is 39.5 Å². The molecule has 0 unspecified atom stereocenters. The lowest BCUT2D eigenvalue weighted by molar-refractivity contribution is -0.112. The van der Waals surface area contributed by atoms with Gasteiger partial charge in [0.15, 0.2) is 0 Å². The van der Waals surface area contributed by atoms with Gasteiger partial charge in [-0.3, -0.25) is 0 Å². The molecule has 0 spiro atoms. The zero-order chi connectivity index (χ0) is 16.0. The number of alkyl halides is 1. The largest absolute Gasteiger partial charge is 0.393 e. The molecular formula is C19H29BrO3. The standard InChI is InChI=1S/C19H29BrO3/c1-17-6-5-14-12(13(17)2-3-15(17)22)8-16-19(20)9-11(21)4-7-18(14,19)10-23-16/h11-16,21-22H,2-10H2,1H3/t11-,12+,13-,14+,15-,16+,17-,18-,19-/m0/s1. The first-order chi connectivity index (χ1) is 10.9. The Balaban J connectivity index is 1.55. The highest BCUT2D eigenvalue weighted by molar-refractivity contribution is 9.10. The van der Waals surface area contributed by atoms with Crippen LogP contribution < -0.4 is 0 Å². The van der Waals surface area contributed by atoms with Crippen LogP contribution in [0.2, 0.25) is 0 Å². The molecule has 0 aromatic heterocycles. The molecule has 1 aliphatic heterocycles. The van der Waals surface area contributed by atoms with Crippen molar-refractivity contribution in [3.05, 3.63) is 0 Å². The topological polar surface area (TPSA) is 49.7 Å². The highest BCUT2D eigenvalue weighted by Gasteiger charge is 2.72. The maximum Gasteiger partial charge on any atom is 0.0738 e. The van der Waals surface area contributed by atoms with Crippen LogP contribution in [0.15, 0.2) is 0 Å². The summed E-state index contributed by atoms with van der Waals surface area (Å²) in [5.41, 5.74) is 0.354. The number of aliphatic hydroxyl groups is 2. The lowest BCUT2D eigenvalue weighted by Gasteiger charge is -2.62. The fourth-order valence-corrected chi connectivity index (χ4v) is 8.98. The molecule has 130 valence electrons. The zero-order valence-electron chi connectivity index (χ0n) is 14.0. The summed E-state index contributed by atoms with van der Waals surface area (Å²) >= 11 is 4.12. The van der Waals surface area contributed by atoms with Gasteiger partial charge in [-0.05, 0) is 74.5 Å². The summed E-state index contributed by atoms with van der Waals surface area (Å²) in [6, 6.07) is 0. The number of halogens is 1. The molecule has 23 heavy (non-hydrogen) atoms. The summed E-state index contributed by atoms with van der Waals surface area (Å²) < 4.78 is 6.34. The molecule has 0 amide bonds. The first kappa shape index (κ1) is 15.6. The molecule has 0 aromatic rings. The van der Waals surface area contributed by atoms with Crippen molar-refractivity contribution in [1.82, 2.24) is 0 Å². The van der Waals surface area contributed by atoms with E-state index in [2.05, 4.69) is 22.9 Å². The third kappa shape index (κ3) is 1.72. The molecule has 4 heteroatoms. The van der Waals surface area contributed by atoms with E-state index < -0.39 is 0 Å². The average molecular weight is 385 g/mol. The van der Waals surface area contributed by atoms with Crippen molar-refractivity contribution in [1.29, 1.82) is 0 Å². The maximum absolute atomic E-state index is 10.6. The Bertz CT molecular complexity index is 527. The molecule has 3 nitrogen and oxygen atoms in total. The predicted octanol–water partition coefficient (Wildman–Crippen LogP) is 3.26. The average Bonchev–Trinajstić information content (AvgIpc) is 2.88. The molecule has 4 saturated carbocycles. The van der Waals surface area contributed by atoms with E-state index in [0.29, 0.717) is 17.8 Å². The monoisotopic (exact) mass is 384 g/mol. The number of aliphatic hydroxyl groups excluding tert-OH is 2. The van der Waals surface area contributed by atoms with Crippen LogP contribution in [0.1, 0.15) is 58.3 Å². The summed E-state index contributed by atoms with van der Waals surface area (Å²) in [7, 11) is 0. The summed E-state index contributed by atoms with van der Waals surface area (Å²) in [5, 5.41) is 20.8. The second-order valence-electron chi connectivity index (χ2n) is 9.47. The summed E-state index contributed by atoms with van der Waals surface area (Å²) in [6.07, 6.45) is 8.55. The van der Waals surface area contributed by atoms with E-state index in [0.717, 1.165) is 45.1 Å². The van der Waals surface area contributed by atoms with E-state index in [1.54, 1.807) is 0 Å². The highest BCUT2D eigenvalue weighted by atomic mass is 79.9. The summed E-state index contributed by atoms with van der Waals surface area (Å²) in [5.74, 6) is 2.08. The van der Waals surface area contributed by atoms with Crippen LogP contribution in [0.4, 0.5) is 0 Å². The normalized spacial score (nSPS) is 64.2. The Morgan fingerprint density at radius 1 is 1.04 bits per heavy atom. The van der Waals surface area contributed by atoms with Crippen molar-refractivity contribution in [2.45, 2.75) is 80.9 Å². The molecular weight excluding hydrogens is 356 g/mol. The van der Waals surface area contributed by atoms with Crippen molar-refractivity contribution < 1.29 is 14.9 Å². The van der Waals surface area contributed by atoms with Gasteiger partial charge in [-0.15, -0.1) is 0 Å². The van der Waals surface area contributed by atoms with Crippen LogP contribution in [0.3, 0.4) is 0 Å². The first-order valence-electron chi connectivity index (χ1n) is 9.57. The Hall–Kier alpha value is 0.360. The molecule has 9 atom stereocenters. The van der Waals surface area contributed by atoms with Crippen molar-refractivity contribution in [2.24, 2.45) is 28.6 Å². The Morgan fingerprint density at radius 3 is 2.70 bits per heavy atom. The van der Waals surface area contributed by atoms with Crippen LogP contribution in [0, 0.1) is 28.6 Å². The second-order valence-corrected chi connectivity index (χ2v) is 10.9. The molecule has 4 aliphatic carbocycles. The molecule has 0 radical (unpaired) electrons. The van der Waals surface area contributed by atoms with E-state index in [-0.39, 0.29) is 33.5 Å². The highest BCUT2D eigenvalue weighted by Crippen LogP contribution is 2.72. The molecule has 5 rings (SSSR count). The molecule has 2 bridgehead atoms. The van der Waals surface area contributed by atoms with E-state index in [4.69, 9.17) is 4.74 Å². The Morgan fingerprint density at radius 2 is 1.87 bits per heavy atom. The van der Waals surface area contributed by atoms with E-state index in [1.807, 2.05) is 0 Å². The Labute approximate surface area is 147 Å². The van der Waals surface area contributed by atoms with Crippen molar-refractivity contribution in [2.75, 3.05) is 6.61 Å². The van der Waals surface area contributed by atoms with Gasteiger partial charge in [-0.1, -0.05) is 22.9 Å². The third-order valence-corrected chi connectivity index (χ3v) is 10.5. The lowest BCUT2D eigenvalue weighted by atomic mass is 9.45. The van der Waals surface area contributed by atoms with Gasteiger partial charge >= 0.3 is 0 Å². The van der Waals surface area contributed by atoms with Gasteiger partial charge in [-0.25, -0.2) is 0 Å². The fraction of sp³-hybridized carbons (Fsp3) is 1.00. The SMILES string of the molecule is C[C@]12CC[C@@H]3[C@H](C[C@H]4OC[C@@]35CC[C@H](O)C[C@]45Br)[C@@H]1CC[C@@H]2O. The molecule has 1 saturated heterocycles. The summed E-state index contributed by atoms with van der Waals surface area (Å²) in [4.78, 5) is 0. The van der Waals surface area contributed by atoms with Crippen molar-refractivity contribution in [3.8, 4) is 0 Å². The van der Waals surface area contributed by atoms with E-state index in [9.17, 15) is 10.2 Å². The van der Waals surface area contributed by atoms with E-state index >= 15 is 0 Å². The van der Waals surface area contributed by atoms with Gasteiger partial charge in [-0.2, -0.15) is 0 Å². The van der Waals surface area contributed by atoms with Crippen molar-refractivity contribution in [3.63, 3.8) is 0 Å². The molecule has 5 aliphatic rings. The van der Waals surface area contributed by atoms with Gasteiger partial charge in [0, 0.05) is 5.41 Å². The lowest BCUT2D eigenvalue weighted by Crippen LogP contribution is -2.63. The Kier molecular flexibility index (Phi) is 3.22. The molecule has 1 heterocycles. The first-order valence-corrected chi connectivity index (χ1v) is 10.4. The second kappa shape index (κ2) is 4.75. The molecule has 5 fully saturated rings. The number of rotatable bonds is 0. The molecule has 0 aromatic carbocycles. The van der Waals surface area contributed by atoms with Gasteiger partial charge in [0.2, 0.25) is 0 Å². The van der Waals surface area contributed by atoms with Gasteiger partial charge < -0.3 is 14.9 Å². The number of ether oxygens (including phenoxy) is 1. The van der Waals surface area contributed by atoms with Gasteiger partial charge in [0.25, 0.3) is 0 Å². The summed E-state index contributed by atoms with van der Waals surface area (Å²) in [6.45, 7) is 3.22. The number of hydrogen-bond donors (Lipinski definition) is 2. The van der Waals surface area contributed by atoms with Crippen molar-refractivity contribution >= 4 is 15.9 Å². The van der Waals surface area contributed by atoms with E-state index in [1.165, 1.54) is 12.8 Å². The number of fused-ring (bicyclic) bond motifs is 3. The number of hydrogen-bond acceptors (Lipinski definition) is 3. The minimum absolute atomic E-state index is 0.0101. The minimum Gasteiger partial charge on any atom is -0.393 e. The smallest absolute Gasteiger partial charge is 0.0738 e.